The van der Waals surface area contributed by atoms with Crippen molar-refractivity contribution in [2.45, 2.75) is 12.5 Å². The minimum atomic E-state index is 0.00714. The van der Waals surface area contributed by atoms with E-state index in [-0.39, 0.29) is 6.04 Å². The second-order valence-electron chi connectivity index (χ2n) is 7.01. The van der Waals surface area contributed by atoms with Crippen LogP contribution in [0.3, 0.4) is 0 Å². The summed E-state index contributed by atoms with van der Waals surface area (Å²) in [6, 6.07) is 25.0. The Hall–Kier alpha value is -3.38. The average Bonchev–Trinajstić information content (AvgIpc) is 2.77. The van der Waals surface area contributed by atoms with Crippen molar-refractivity contribution in [1.29, 1.82) is 0 Å². The Kier molecular flexibility index (Phi) is 4.39. The number of fused-ring (bicyclic) bond motifs is 2. The van der Waals surface area contributed by atoms with E-state index in [0.717, 1.165) is 35.7 Å². The number of hydrogen-bond donors (Lipinski definition) is 0. The van der Waals surface area contributed by atoms with Crippen LogP contribution in [-0.4, -0.2) is 19.8 Å². The normalized spacial score (nSPS) is 17.3. The van der Waals surface area contributed by atoms with E-state index < -0.39 is 0 Å². The zero-order chi connectivity index (χ0) is 18.8. The number of benzene rings is 3. The number of ether oxygens (including phenoxy) is 2. The molecule has 28 heavy (non-hydrogen) atoms. The summed E-state index contributed by atoms with van der Waals surface area (Å²) in [7, 11) is 0. The van der Waals surface area contributed by atoms with Crippen molar-refractivity contribution in [3.63, 3.8) is 0 Å². The molecule has 3 nitrogen and oxygen atoms in total. The SMILES string of the molecule is C(#C[C@@H]1c2ccccc2CCN1c1ccc2c(c1)OCCO2)c1ccccc1. The lowest BCUT2D eigenvalue weighted by atomic mass is 9.92. The summed E-state index contributed by atoms with van der Waals surface area (Å²) >= 11 is 0. The molecule has 0 radical (unpaired) electrons. The van der Waals surface area contributed by atoms with Crippen LogP contribution >= 0.6 is 0 Å². The molecule has 0 saturated carbocycles. The van der Waals surface area contributed by atoms with Crippen LogP contribution in [0.5, 0.6) is 11.5 Å². The lowest BCUT2D eigenvalue weighted by Crippen LogP contribution is -2.35. The van der Waals surface area contributed by atoms with Gasteiger partial charge in [-0.05, 0) is 41.8 Å². The van der Waals surface area contributed by atoms with Crippen molar-refractivity contribution in [2.75, 3.05) is 24.7 Å². The Balaban J connectivity index is 1.56. The Morgan fingerprint density at radius 1 is 0.821 bits per heavy atom. The Bertz CT molecular complexity index is 1050. The third-order valence-corrected chi connectivity index (χ3v) is 5.27. The van der Waals surface area contributed by atoms with Crippen molar-refractivity contribution in [3.8, 4) is 23.3 Å². The van der Waals surface area contributed by atoms with Crippen LogP contribution in [0, 0.1) is 11.8 Å². The molecule has 0 saturated heterocycles. The van der Waals surface area contributed by atoms with Gasteiger partial charge in [-0.3, -0.25) is 0 Å². The molecule has 2 aliphatic heterocycles. The molecule has 138 valence electrons. The summed E-state index contributed by atoms with van der Waals surface area (Å²) in [6.07, 6.45) is 1.01. The minimum Gasteiger partial charge on any atom is -0.486 e. The molecular formula is C25H21NO2. The fourth-order valence-corrected chi connectivity index (χ4v) is 3.88. The lowest BCUT2D eigenvalue weighted by molar-refractivity contribution is 0.171. The van der Waals surface area contributed by atoms with E-state index in [0.29, 0.717) is 13.2 Å². The summed E-state index contributed by atoms with van der Waals surface area (Å²) in [5, 5.41) is 0. The first-order valence-electron chi connectivity index (χ1n) is 9.69. The Labute approximate surface area is 165 Å². The van der Waals surface area contributed by atoms with Crippen LogP contribution in [0.1, 0.15) is 22.7 Å². The van der Waals surface area contributed by atoms with E-state index in [1.54, 1.807) is 0 Å². The summed E-state index contributed by atoms with van der Waals surface area (Å²) in [6.45, 7) is 2.12. The predicted molar refractivity (Wildman–Crippen MR) is 111 cm³/mol. The van der Waals surface area contributed by atoms with Gasteiger partial charge < -0.3 is 14.4 Å². The van der Waals surface area contributed by atoms with Crippen LogP contribution in [0.15, 0.2) is 72.8 Å². The first kappa shape index (κ1) is 16.8. The van der Waals surface area contributed by atoms with Crippen LogP contribution in [0.25, 0.3) is 0 Å². The van der Waals surface area contributed by atoms with Gasteiger partial charge >= 0.3 is 0 Å². The fourth-order valence-electron chi connectivity index (χ4n) is 3.88. The zero-order valence-electron chi connectivity index (χ0n) is 15.6. The molecule has 0 fully saturated rings. The van der Waals surface area contributed by atoms with Crippen LogP contribution in [-0.2, 0) is 6.42 Å². The maximum Gasteiger partial charge on any atom is 0.163 e. The first-order chi connectivity index (χ1) is 13.9. The third-order valence-electron chi connectivity index (χ3n) is 5.27. The van der Waals surface area contributed by atoms with Crippen molar-refractivity contribution in [1.82, 2.24) is 0 Å². The van der Waals surface area contributed by atoms with Gasteiger partial charge in [-0.2, -0.15) is 0 Å². The molecule has 0 aliphatic carbocycles. The molecule has 2 aliphatic rings. The van der Waals surface area contributed by atoms with Gasteiger partial charge in [0.2, 0.25) is 0 Å². The molecule has 0 amide bonds. The van der Waals surface area contributed by atoms with Gasteiger partial charge in [-0.15, -0.1) is 0 Å². The molecule has 2 heterocycles. The topological polar surface area (TPSA) is 21.7 Å². The summed E-state index contributed by atoms with van der Waals surface area (Å²) in [4.78, 5) is 2.37. The molecule has 0 unspecified atom stereocenters. The zero-order valence-corrected chi connectivity index (χ0v) is 15.6. The monoisotopic (exact) mass is 367 g/mol. The molecule has 3 aromatic rings. The quantitative estimate of drug-likeness (QED) is 0.586. The average molecular weight is 367 g/mol. The van der Waals surface area contributed by atoms with Gasteiger partial charge in [-0.25, -0.2) is 0 Å². The molecule has 0 bridgehead atoms. The third kappa shape index (κ3) is 3.18. The highest BCUT2D eigenvalue weighted by Crippen LogP contribution is 2.38. The molecule has 0 N–H and O–H groups in total. The van der Waals surface area contributed by atoms with Crippen molar-refractivity contribution >= 4 is 5.69 Å². The van der Waals surface area contributed by atoms with E-state index in [9.17, 15) is 0 Å². The molecule has 5 rings (SSSR count). The minimum absolute atomic E-state index is 0.00714. The number of nitrogens with zero attached hydrogens (tertiary/aromatic N) is 1. The lowest BCUT2D eigenvalue weighted by Gasteiger charge is -2.36. The smallest absolute Gasteiger partial charge is 0.163 e. The van der Waals surface area contributed by atoms with Gasteiger partial charge in [0.1, 0.15) is 19.3 Å². The number of rotatable bonds is 1. The Morgan fingerprint density at radius 2 is 1.61 bits per heavy atom. The van der Waals surface area contributed by atoms with Crippen molar-refractivity contribution in [3.05, 3.63) is 89.5 Å². The Morgan fingerprint density at radius 3 is 2.50 bits per heavy atom. The second-order valence-corrected chi connectivity index (χ2v) is 7.01. The molecule has 0 spiro atoms. The summed E-state index contributed by atoms with van der Waals surface area (Å²) in [5.74, 6) is 8.53. The van der Waals surface area contributed by atoms with Gasteiger partial charge in [0.25, 0.3) is 0 Å². The van der Waals surface area contributed by atoms with E-state index in [4.69, 9.17) is 9.47 Å². The van der Waals surface area contributed by atoms with Gasteiger partial charge in [0, 0.05) is 23.9 Å². The summed E-state index contributed by atoms with van der Waals surface area (Å²) in [5.41, 5.74) is 4.81. The van der Waals surface area contributed by atoms with Gasteiger partial charge in [0.05, 0.1) is 0 Å². The maximum atomic E-state index is 5.80. The van der Waals surface area contributed by atoms with Crippen LogP contribution < -0.4 is 14.4 Å². The van der Waals surface area contributed by atoms with Crippen LogP contribution in [0.4, 0.5) is 5.69 Å². The van der Waals surface area contributed by atoms with Gasteiger partial charge in [-0.1, -0.05) is 54.3 Å². The summed E-state index contributed by atoms with van der Waals surface area (Å²) < 4.78 is 11.5. The second kappa shape index (κ2) is 7.32. The van der Waals surface area contributed by atoms with Crippen molar-refractivity contribution < 1.29 is 9.47 Å². The largest absolute Gasteiger partial charge is 0.486 e. The van der Waals surface area contributed by atoms with Crippen molar-refractivity contribution in [2.24, 2.45) is 0 Å². The van der Waals surface area contributed by atoms with E-state index >= 15 is 0 Å². The number of anilines is 1. The van der Waals surface area contributed by atoms with E-state index in [1.807, 2.05) is 24.3 Å². The molecule has 0 aromatic heterocycles. The van der Waals surface area contributed by atoms with E-state index in [2.05, 4.69) is 65.3 Å². The molecule has 3 aromatic carbocycles. The van der Waals surface area contributed by atoms with E-state index in [1.165, 1.54) is 11.1 Å². The highest BCUT2D eigenvalue weighted by molar-refractivity contribution is 5.61. The standard InChI is InChI=1S/C25H21NO2/c1-2-6-19(7-3-1)10-12-23-22-9-5-4-8-20(22)14-15-26(23)21-11-13-24-25(18-21)28-17-16-27-24/h1-9,11,13,18,23H,14-17H2/t23-/m1/s1. The van der Waals surface area contributed by atoms with Gasteiger partial charge in [0.15, 0.2) is 11.5 Å². The number of hydrogen-bond acceptors (Lipinski definition) is 3. The van der Waals surface area contributed by atoms with Crippen LogP contribution in [0.2, 0.25) is 0 Å². The first-order valence-corrected chi connectivity index (χ1v) is 9.69. The fraction of sp³-hybridized carbons (Fsp3) is 0.200. The molecule has 1 atom stereocenters. The molecule has 3 heteroatoms. The molecular weight excluding hydrogens is 346 g/mol. The maximum absolute atomic E-state index is 5.80. The predicted octanol–water partition coefficient (Wildman–Crippen LogP) is 4.61. The highest BCUT2D eigenvalue weighted by Gasteiger charge is 2.27. The highest BCUT2D eigenvalue weighted by atomic mass is 16.6.